The number of rotatable bonds is 6. The molecule has 2 aliphatic rings. The molecule has 0 saturated carbocycles. The summed E-state index contributed by atoms with van der Waals surface area (Å²) in [6.07, 6.45) is -2.37. The molecule has 14 heteroatoms. The number of nitrogens with zero attached hydrogens (tertiary/aromatic N) is 4. The topological polar surface area (TPSA) is 88.8 Å². The SMILES string of the molecule is CS(=O)(=O)N1CCCCC1c1cc(F)c(OC2CN(Cc3nc(C(F)(F)F)no3)C2)c(F)c1. The maximum absolute atomic E-state index is 14.7. The molecule has 2 saturated heterocycles. The van der Waals surface area contributed by atoms with Crippen molar-refractivity contribution < 1.29 is 39.6 Å². The van der Waals surface area contributed by atoms with Crippen LogP contribution in [0, 0.1) is 11.6 Å². The first-order valence-corrected chi connectivity index (χ1v) is 12.0. The van der Waals surface area contributed by atoms with Gasteiger partial charge in [-0.2, -0.15) is 22.5 Å². The van der Waals surface area contributed by atoms with Crippen molar-refractivity contribution in [2.75, 3.05) is 25.9 Å². The van der Waals surface area contributed by atoms with Gasteiger partial charge in [0.2, 0.25) is 15.9 Å². The third-order valence-electron chi connectivity index (χ3n) is 5.57. The van der Waals surface area contributed by atoms with E-state index >= 15 is 0 Å². The molecule has 2 aromatic rings. The molecule has 1 aromatic carbocycles. The van der Waals surface area contributed by atoms with Crippen molar-refractivity contribution in [3.8, 4) is 5.75 Å². The van der Waals surface area contributed by atoms with Crippen LogP contribution in [0.3, 0.4) is 0 Å². The van der Waals surface area contributed by atoms with Crippen LogP contribution in [0.2, 0.25) is 0 Å². The molecule has 0 amide bonds. The molecule has 8 nitrogen and oxygen atoms in total. The Kier molecular flexibility index (Phi) is 6.35. The van der Waals surface area contributed by atoms with Crippen LogP contribution in [0.5, 0.6) is 5.75 Å². The van der Waals surface area contributed by atoms with Crippen LogP contribution < -0.4 is 4.74 Å². The van der Waals surface area contributed by atoms with Gasteiger partial charge in [-0.05, 0) is 30.5 Å². The molecule has 3 heterocycles. The third kappa shape index (κ3) is 5.27. The lowest BCUT2D eigenvalue weighted by atomic mass is 9.97. The maximum atomic E-state index is 14.7. The Balaban J connectivity index is 1.38. The van der Waals surface area contributed by atoms with Crippen LogP contribution in [0.25, 0.3) is 0 Å². The number of likely N-dealkylation sites (tertiary alicyclic amines) is 1. The highest BCUT2D eigenvalue weighted by atomic mass is 32.2. The van der Waals surface area contributed by atoms with E-state index in [2.05, 4.69) is 14.7 Å². The molecular weight excluding hydrogens is 475 g/mol. The molecule has 2 aliphatic heterocycles. The highest BCUT2D eigenvalue weighted by Crippen LogP contribution is 2.36. The monoisotopic (exact) mass is 496 g/mol. The Morgan fingerprint density at radius 3 is 2.42 bits per heavy atom. The van der Waals surface area contributed by atoms with Gasteiger partial charge in [0, 0.05) is 25.7 Å². The van der Waals surface area contributed by atoms with Crippen molar-refractivity contribution in [1.29, 1.82) is 0 Å². The first kappa shape index (κ1) is 23.8. The normalized spacial score (nSPS) is 21.2. The molecule has 33 heavy (non-hydrogen) atoms. The fraction of sp³-hybridized carbons (Fsp3) is 0.579. The fourth-order valence-electron chi connectivity index (χ4n) is 4.04. The Labute approximate surface area is 186 Å². The van der Waals surface area contributed by atoms with Gasteiger partial charge in [-0.1, -0.05) is 11.6 Å². The van der Waals surface area contributed by atoms with E-state index in [0.717, 1.165) is 24.8 Å². The molecule has 1 unspecified atom stereocenters. The van der Waals surface area contributed by atoms with Crippen LogP contribution >= 0.6 is 0 Å². The van der Waals surface area contributed by atoms with Crippen molar-refractivity contribution in [3.05, 3.63) is 41.0 Å². The van der Waals surface area contributed by atoms with Crippen LogP contribution in [0.15, 0.2) is 16.7 Å². The van der Waals surface area contributed by atoms with Crippen LogP contribution in [-0.4, -0.2) is 59.8 Å². The molecule has 2 fully saturated rings. The van der Waals surface area contributed by atoms with Gasteiger partial charge in [-0.3, -0.25) is 4.90 Å². The lowest BCUT2D eigenvalue weighted by Crippen LogP contribution is -2.53. The van der Waals surface area contributed by atoms with E-state index < -0.39 is 51.6 Å². The summed E-state index contributed by atoms with van der Waals surface area (Å²) in [5.41, 5.74) is 0.217. The first-order chi connectivity index (χ1) is 15.4. The average Bonchev–Trinajstić information content (AvgIpc) is 3.17. The lowest BCUT2D eigenvalue weighted by Gasteiger charge is -2.38. The first-order valence-electron chi connectivity index (χ1n) is 10.2. The summed E-state index contributed by atoms with van der Waals surface area (Å²) in [4.78, 5) is 4.89. The van der Waals surface area contributed by atoms with Crippen LogP contribution in [-0.2, 0) is 22.7 Å². The lowest BCUT2D eigenvalue weighted by molar-refractivity contribution is -0.146. The molecule has 1 aromatic heterocycles. The minimum absolute atomic E-state index is 0.0597. The summed E-state index contributed by atoms with van der Waals surface area (Å²) in [6.45, 7) is 0.604. The predicted molar refractivity (Wildman–Crippen MR) is 103 cm³/mol. The largest absolute Gasteiger partial charge is 0.482 e. The van der Waals surface area contributed by atoms with Crippen molar-refractivity contribution >= 4 is 10.0 Å². The van der Waals surface area contributed by atoms with Gasteiger partial charge in [-0.15, -0.1) is 0 Å². The number of sulfonamides is 1. The third-order valence-corrected chi connectivity index (χ3v) is 6.86. The summed E-state index contributed by atoms with van der Waals surface area (Å²) in [7, 11) is -3.54. The molecular formula is C19H21F5N4O4S. The molecule has 4 rings (SSSR count). The summed E-state index contributed by atoms with van der Waals surface area (Å²) in [6, 6.07) is 1.52. The van der Waals surface area contributed by atoms with Gasteiger partial charge in [0.15, 0.2) is 17.4 Å². The smallest absolute Gasteiger partial charge is 0.455 e. The minimum Gasteiger partial charge on any atom is -0.482 e. The quantitative estimate of drug-likeness (QED) is 0.568. The van der Waals surface area contributed by atoms with E-state index in [1.807, 2.05) is 0 Å². The van der Waals surface area contributed by atoms with Gasteiger partial charge in [0.1, 0.15) is 6.10 Å². The minimum atomic E-state index is -4.71. The molecule has 0 aliphatic carbocycles. The van der Waals surface area contributed by atoms with E-state index in [9.17, 15) is 30.4 Å². The van der Waals surface area contributed by atoms with Gasteiger partial charge >= 0.3 is 6.18 Å². The van der Waals surface area contributed by atoms with Crippen molar-refractivity contribution in [1.82, 2.24) is 19.3 Å². The van der Waals surface area contributed by atoms with Gasteiger partial charge < -0.3 is 9.26 Å². The molecule has 1 atom stereocenters. The fourth-order valence-corrected chi connectivity index (χ4v) is 5.19. The predicted octanol–water partition coefficient (Wildman–Crippen LogP) is 3.12. The maximum Gasteiger partial charge on any atom is 0.455 e. The Morgan fingerprint density at radius 2 is 1.85 bits per heavy atom. The Hall–Kier alpha value is -2.32. The van der Waals surface area contributed by atoms with Crippen molar-refractivity contribution in [2.24, 2.45) is 0 Å². The Bertz CT molecular complexity index is 1090. The zero-order valence-corrected chi connectivity index (χ0v) is 18.3. The molecule has 0 spiro atoms. The van der Waals surface area contributed by atoms with Crippen molar-refractivity contribution in [2.45, 2.75) is 44.1 Å². The number of hydrogen-bond donors (Lipinski definition) is 0. The summed E-state index contributed by atoms with van der Waals surface area (Å²) in [5, 5.41) is 2.87. The van der Waals surface area contributed by atoms with Crippen molar-refractivity contribution in [3.63, 3.8) is 0 Å². The summed E-state index contributed by atoms with van der Waals surface area (Å²) < 4.78 is 102. The van der Waals surface area contributed by atoms with E-state index in [4.69, 9.17) is 4.74 Å². The summed E-state index contributed by atoms with van der Waals surface area (Å²) in [5.74, 6) is -4.08. The number of hydrogen-bond acceptors (Lipinski definition) is 7. The second kappa shape index (κ2) is 8.80. The highest BCUT2D eigenvalue weighted by molar-refractivity contribution is 7.88. The number of halogens is 5. The van der Waals surface area contributed by atoms with E-state index in [1.165, 1.54) is 4.31 Å². The van der Waals surface area contributed by atoms with Crippen LogP contribution in [0.1, 0.15) is 42.6 Å². The number of benzene rings is 1. The average molecular weight is 496 g/mol. The van der Waals surface area contributed by atoms with Crippen LogP contribution in [0.4, 0.5) is 22.0 Å². The second-order valence-electron chi connectivity index (χ2n) is 8.14. The number of ether oxygens (including phenoxy) is 1. The standard InChI is InChI=1S/C19H21F5N4O4S/c1-33(29,30)28-5-3-2-4-15(28)11-6-13(20)17(14(21)7-11)31-12-8-27(9-12)10-16-25-18(26-32-16)19(22,23)24/h6-7,12,15H,2-5,8-10H2,1H3. The molecule has 182 valence electrons. The van der Waals surface area contributed by atoms with Gasteiger partial charge in [0.05, 0.1) is 12.8 Å². The number of piperidine rings is 1. The Morgan fingerprint density at radius 1 is 1.18 bits per heavy atom. The molecule has 0 bridgehead atoms. The second-order valence-corrected chi connectivity index (χ2v) is 10.1. The summed E-state index contributed by atoms with van der Waals surface area (Å²) >= 11 is 0. The number of alkyl halides is 3. The van der Waals surface area contributed by atoms with Gasteiger partial charge in [0.25, 0.3) is 5.82 Å². The zero-order chi connectivity index (χ0) is 24.0. The van der Waals surface area contributed by atoms with E-state index in [-0.39, 0.29) is 37.6 Å². The van der Waals surface area contributed by atoms with E-state index in [1.54, 1.807) is 4.90 Å². The number of aromatic nitrogens is 2. The van der Waals surface area contributed by atoms with E-state index in [0.29, 0.717) is 12.8 Å². The highest BCUT2D eigenvalue weighted by Gasteiger charge is 2.38. The van der Waals surface area contributed by atoms with Gasteiger partial charge in [-0.25, -0.2) is 17.2 Å². The zero-order valence-electron chi connectivity index (χ0n) is 17.5. The molecule has 0 N–H and O–H groups in total. The molecule has 0 radical (unpaired) electrons.